The lowest BCUT2D eigenvalue weighted by molar-refractivity contribution is -0.183. The minimum absolute atomic E-state index is 0.226. The Hall–Kier alpha value is -1.72. The molecule has 2 aromatic rings. The van der Waals surface area contributed by atoms with Gasteiger partial charge in [-0.3, -0.25) is 0 Å². The molecule has 0 bridgehead atoms. The highest BCUT2D eigenvalue weighted by molar-refractivity contribution is 5.64. The zero-order valence-corrected chi connectivity index (χ0v) is 13.6. The fraction of sp³-hybridized carbons (Fsp3) is 0.400. The third kappa shape index (κ3) is 3.52. The van der Waals surface area contributed by atoms with Crippen LogP contribution in [-0.2, 0) is 18.9 Å². The first-order chi connectivity index (χ1) is 11.9. The topological polar surface area (TPSA) is 36.9 Å². The number of hydrogen-bond donors (Lipinski definition) is 0. The van der Waals surface area contributed by atoms with E-state index in [0.29, 0.717) is 0 Å². The summed E-state index contributed by atoms with van der Waals surface area (Å²) in [6.45, 7) is 3.05. The highest BCUT2D eigenvalue weighted by Crippen LogP contribution is 2.28. The maximum Gasteiger partial charge on any atom is 0.183 e. The third-order valence-corrected chi connectivity index (χ3v) is 4.35. The summed E-state index contributed by atoms with van der Waals surface area (Å²) < 4.78 is 22.6. The summed E-state index contributed by atoms with van der Waals surface area (Å²) in [7, 11) is 0. The lowest BCUT2D eigenvalue weighted by Gasteiger charge is -2.24. The van der Waals surface area contributed by atoms with E-state index >= 15 is 0 Å². The lowest BCUT2D eigenvalue weighted by Crippen LogP contribution is -2.17. The number of benzene rings is 2. The summed E-state index contributed by atoms with van der Waals surface area (Å²) in [5, 5.41) is 0. The Morgan fingerprint density at radius 3 is 1.17 bits per heavy atom. The summed E-state index contributed by atoms with van der Waals surface area (Å²) >= 11 is 0. The Kier molecular flexibility index (Phi) is 4.90. The second-order valence-electron chi connectivity index (χ2n) is 6.10. The predicted octanol–water partition coefficient (Wildman–Crippen LogP) is 4.22. The first-order valence-corrected chi connectivity index (χ1v) is 8.57. The molecule has 0 atom stereocenters. The van der Waals surface area contributed by atoms with Crippen molar-refractivity contribution in [3.05, 3.63) is 59.7 Å². The van der Waals surface area contributed by atoms with E-state index in [9.17, 15) is 0 Å². The SMILES string of the molecule is c1cc(C2OCCCO2)ccc1-c1ccc(C2OCCCO2)cc1. The van der Waals surface area contributed by atoms with Gasteiger partial charge in [-0.05, 0) is 24.0 Å². The van der Waals surface area contributed by atoms with Crippen LogP contribution in [0.25, 0.3) is 11.1 Å². The van der Waals surface area contributed by atoms with Gasteiger partial charge >= 0.3 is 0 Å². The molecule has 0 radical (unpaired) electrons. The Bertz CT molecular complexity index is 579. The number of rotatable bonds is 3. The van der Waals surface area contributed by atoms with Gasteiger partial charge in [0.2, 0.25) is 0 Å². The van der Waals surface area contributed by atoms with Crippen LogP contribution in [0.4, 0.5) is 0 Å². The molecule has 4 rings (SSSR count). The lowest BCUT2D eigenvalue weighted by atomic mass is 10.0. The molecule has 126 valence electrons. The molecular weight excluding hydrogens is 304 g/mol. The van der Waals surface area contributed by atoms with E-state index in [0.717, 1.165) is 50.4 Å². The van der Waals surface area contributed by atoms with Crippen LogP contribution in [0.15, 0.2) is 48.5 Å². The van der Waals surface area contributed by atoms with Crippen LogP contribution in [0, 0.1) is 0 Å². The van der Waals surface area contributed by atoms with Gasteiger partial charge in [0.1, 0.15) is 0 Å². The van der Waals surface area contributed by atoms with Crippen molar-refractivity contribution in [1.29, 1.82) is 0 Å². The van der Waals surface area contributed by atoms with E-state index in [1.165, 1.54) is 11.1 Å². The van der Waals surface area contributed by atoms with Crippen molar-refractivity contribution in [2.45, 2.75) is 25.4 Å². The monoisotopic (exact) mass is 326 g/mol. The Morgan fingerprint density at radius 2 is 0.833 bits per heavy atom. The van der Waals surface area contributed by atoms with E-state index in [-0.39, 0.29) is 12.6 Å². The van der Waals surface area contributed by atoms with Gasteiger partial charge in [-0.15, -0.1) is 0 Å². The standard InChI is InChI=1S/C20H22O4/c1-11-21-19(22-12-1)17-7-3-15(4-8-17)16-5-9-18(10-6-16)20-23-13-2-14-24-20/h3-10,19-20H,1-2,11-14H2. The summed E-state index contributed by atoms with van der Waals surface area (Å²) in [4.78, 5) is 0. The van der Waals surface area contributed by atoms with Crippen LogP contribution in [0.5, 0.6) is 0 Å². The quantitative estimate of drug-likeness (QED) is 0.846. The molecule has 0 N–H and O–H groups in total. The van der Waals surface area contributed by atoms with E-state index < -0.39 is 0 Å². The largest absolute Gasteiger partial charge is 0.348 e. The molecule has 2 aliphatic rings. The summed E-state index contributed by atoms with van der Waals surface area (Å²) in [6.07, 6.45) is 1.48. The summed E-state index contributed by atoms with van der Waals surface area (Å²) in [5.74, 6) is 0. The van der Waals surface area contributed by atoms with Crippen LogP contribution < -0.4 is 0 Å². The van der Waals surface area contributed by atoms with Crippen LogP contribution in [-0.4, -0.2) is 26.4 Å². The molecule has 2 saturated heterocycles. The van der Waals surface area contributed by atoms with Crippen molar-refractivity contribution in [2.24, 2.45) is 0 Å². The van der Waals surface area contributed by atoms with Crippen molar-refractivity contribution in [1.82, 2.24) is 0 Å². The van der Waals surface area contributed by atoms with Crippen molar-refractivity contribution in [3.63, 3.8) is 0 Å². The van der Waals surface area contributed by atoms with E-state index in [4.69, 9.17) is 18.9 Å². The third-order valence-electron chi connectivity index (χ3n) is 4.35. The molecule has 2 aromatic carbocycles. The van der Waals surface area contributed by atoms with Gasteiger partial charge in [0.25, 0.3) is 0 Å². The zero-order chi connectivity index (χ0) is 16.2. The number of ether oxygens (including phenoxy) is 4. The average Bonchev–Trinajstić information content (AvgIpc) is 2.70. The first-order valence-electron chi connectivity index (χ1n) is 8.57. The Labute approximate surface area is 142 Å². The molecular formula is C20H22O4. The van der Waals surface area contributed by atoms with Gasteiger partial charge in [-0.2, -0.15) is 0 Å². The maximum atomic E-state index is 5.64. The van der Waals surface area contributed by atoms with E-state index in [1.54, 1.807) is 0 Å². The predicted molar refractivity (Wildman–Crippen MR) is 90.4 cm³/mol. The molecule has 0 amide bonds. The van der Waals surface area contributed by atoms with Crippen molar-refractivity contribution in [2.75, 3.05) is 26.4 Å². The summed E-state index contributed by atoms with van der Waals surface area (Å²) in [5.41, 5.74) is 4.48. The minimum Gasteiger partial charge on any atom is -0.348 e. The minimum atomic E-state index is -0.226. The molecule has 4 nitrogen and oxygen atoms in total. The van der Waals surface area contributed by atoms with E-state index in [1.807, 2.05) is 0 Å². The highest BCUT2D eigenvalue weighted by atomic mass is 16.7. The van der Waals surface area contributed by atoms with Gasteiger partial charge < -0.3 is 18.9 Å². The van der Waals surface area contributed by atoms with Crippen LogP contribution >= 0.6 is 0 Å². The maximum absolute atomic E-state index is 5.64. The molecule has 0 unspecified atom stereocenters. The molecule has 2 aliphatic heterocycles. The molecule has 0 aromatic heterocycles. The zero-order valence-electron chi connectivity index (χ0n) is 13.6. The molecule has 0 saturated carbocycles. The molecule has 0 aliphatic carbocycles. The smallest absolute Gasteiger partial charge is 0.183 e. The van der Waals surface area contributed by atoms with Crippen LogP contribution in [0.2, 0.25) is 0 Å². The molecule has 2 heterocycles. The highest BCUT2D eigenvalue weighted by Gasteiger charge is 2.17. The molecule has 0 spiro atoms. The molecule has 4 heteroatoms. The van der Waals surface area contributed by atoms with Gasteiger partial charge in [-0.1, -0.05) is 48.5 Å². The van der Waals surface area contributed by atoms with Gasteiger partial charge in [-0.25, -0.2) is 0 Å². The number of hydrogen-bond acceptors (Lipinski definition) is 4. The molecule has 24 heavy (non-hydrogen) atoms. The van der Waals surface area contributed by atoms with Crippen molar-refractivity contribution >= 4 is 0 Å². The second-order valence-corrected chi connectivity index (χ2v) is 6.10. The Balaban J connectivity index is 1.47. The summed E-state index contributed by atoms with van der Waals surface area (Å²) in [6, 6.07) is 16.7. The van der Waals surface area contributed by atoms with Crippen LogP contribution in [0.1, 0.15) is 36.5 Å². The normalized spacial score (nSPS) is 20.2. The van der Waals surface area contributed by atoms with Gasteiger partial charge in [0, 0.05) is 11.1 Å². The fourth-order valence-electron chi connectivity index (χ4n) is 3.03. The van der Waals surface area contributed by atoms with Crippen molar-refractivity contribution < 1.29 is 18.9 Å². The van der Waals surface area contributed by atoms with E-state index in [2.05, 4.69) is 48.5 Å². The van der Waals surface area contributed by atoms with Gasteiger partial charge in [0.05, 0.1) is 26.4 Å². The van der Waals surface area contributed by atoms with Crippen LogP contribution in [0.3, 0.4) is 0 Å². The first kappa shape index (κ1) is 15.8. The fourth-order valence-corrected chi connectivity index (χ4v) is 3.03. The van der Waals surface area contributed by atoms with Crippen molar-refractivity contribution in [3.8, 4) is 11.1 Å². The Morgan fingerprint density at radius 1 is 0.500 bits per heavy atom. The van der Waals surface area contributed by atoms with Gasteiger partial charge in [0.15, 0.2) is 12.6 Å². The second kappa shape index (κ2) is 7.45. The average molecular weight is 326 g/mol. The molecule has 2 fully saturated rings.